The molecular weight excluding hydrogens is 312 g/mol. The Morgan fingerprint density at radius 3 is 2.31 bits per heavy atom. The number of hydrogen-bond acceptors (Lipinski definition) is 1. The van der Waals surface area contributed by atoms with E-state index in [1.54, 1.807) is 0 Å². The van der Waals surface area contributed by atoms with Crippen LogP contribution < -0.4 is 4.43 Å². The Morgan fingerprint density at radius 2 is 1.77 bits per heavy atom. The number of halogens is 2. The second-order valence-electron chi connectivity index (χ2n) is 3.79. The number of hydrogen-bond donors (Lipinski definition) is 0. The van der Waals surface area contributed by atoms with Crippen molar-refractivity contribution in [3.63, 3.8) is 0 Å². The van der Waals surface area contributed by atoms with Crippen LogP contribution in [-0.2, 0) is 0 Å². The summed E-state index contributed by atoms with van der Waals surface area (Å²) in [6.45, 7) is 6.50. The van der Waals surface area contributed by atoms with E-state index in [4.69, 9.17) is 4.43 Å². The number of rotatable bonds is 2. The zero-order chi connectivity index (χ0) is 10.1. The molecule has 0 aromatic heterocycles. The van der Waals surface area contributed by atoms with Crippen LogP contribution in [-0.4, -0.2) is 8.32 Å². The summed E-state index contributed by atoms with van der Waals surface area (Å²) in [5, 5.41) is 0. The Hall–Kier alpha value is 0.197. The molecule has 0 fully saturated rings. The molecule has 0 radical (unpaired) electrons. The van der Waals surface area contributed by atoms with Crippen LogP contribution in [0.25, 0.3) is 0 Å². The molecule has 0 atom stereocenters. The normalized spacial score (nSPS) is 11.5. The van der Waals surface area contributed by atoms with Crippen molar-refractivity contribution in [1.82, 2.24) is 0 Å². The molecule has 0 unspecified atom stereocenters. The zero-order valence-electron chi connectivity index (χ0n) is 7.90. The summed E-state index contributed by atoms with van der Waals surface area (Å²) in [5.41, 5.74) is 0. The molecule has 72 valence electrons. The lowest BCUT2D eigenvalue weighted by Crippen LogP contribution is -2.29. The molecular formula is C9H12Br2OSi. The molecule has 1 rings (SSSR count). The van der Waals surface area contributed by atoms with Gasteiger partial charge in [-0.25, -0.2) is 0 Å². The lowest BCUT2D eigenvalue weighted by atomic mass is 10.3. The van der Waals surface area contributed by atoms with Gasteiger partial charge < -0.3 is 4.43 Å². The van der Waals surface area contributed by atoms with E-state index in [1.807, 2.05) is 18.2 Å². The van der Waals surface area contributed by atoms with Crippen LogP contribution in [0.15, 0.2) is 27.1 Å². The van der Waals surface area contributed by atoms with Gasteiger partial charge in [0.15, 0.2) is 0 Å². The van der Waals surface area contributed by atoms with E-state index in [0.717, 1.165) is 14.7 Å². The van der Waals surface area contributed by atoms with Gasteiger partial charge >= 0.3 is 0 Å². The molecule has 0 saturated carbocycles. The Kier molecular flexibility index (Phi) is 3.60. The van der Waals surface area contributed by atoms with Crippen molar-refractivity contribution in [2.24, 2.45) is 0 Å². The molecule has 13 heavy (non-hydrogen) atoms. The molecule has 1 aromatic carbocycles. The smallest absolute Gasteiger partial charge is 0.242 e. The van der Waals surface area contributed by atoms with E-state index in [1.165, 1.54) is 0 Å². The molecule has 0 spiro atoms. The van der Waals surface area contributed by atoms with Crippen LogP contribution in [0.3, 0.4) is 0 Å². The minimum Gasteiger partial charge on any atom is -0.544 e. The van der Waals surface area contributed by atoms with Crippen LogP contribution in [0.1, 0.15) is 0 Å². The fourth-order valence-electron chi connectivity index (χ4n) is 0.885. The van der Waals surface area contributed by atoms with Gasteiger partial charge in [-0.15, -0.1) is 0 Å². The zero-order valence-corrected chi connectivity index (χ0v) is 12.1. The second-order valence-corrected chi connectivity index (χ2v) is 9.99. The average Bonchev–Trinajstić information content (AvgIpc) is 1.94. The van der Waals surface area contributed by atoms with Crippen LogP contribution >= 0.6 is 31.9 Å². The van der Waals surface area contributed by atoms with Gasteiger partial charge in [-0.2, -0.15) is 0 Å². The Bertz CT molecular complexity index is 307. The maximum atomic E-state index is 5.88. The fraction of sp³-hybridized carbons (Fsp3) is 0.333. The van der Waals surface area contributed by atoms with Crippen molar-refractivity contribution in [3.05, 3.63) is 27.1 Å². The van der Waals surface area contributed by atoms with Crippen LogP contribution in [0.2, 0.25) is 19.6 Å². The van der Waals surface area contributed by atoms with Crippen molar-refractivity contribution in [2.75, 3.05) is 0 Å². The minimum absolute atomic E-state index is 0.925. The fourth-order valence-corrected chi connectivity index (χ4v) is 2.53. The van der Waals surface area contributed by atoms with E-state index >= 15 is 0 Å². The van der Waals surface area contributed by atoms with Crippen LogP contribution in [0.4, 0.5) is 0 Å². The van der Waals surface area contributed by atoms with Crippen molar-refractivity contribution >= 4 is 40.2 Å². The highest BCUT2D eigenvalue weighted by Gasteiger charge is 2.17. The topological polar surface area (TPSA) is 9.23 Å². The van der Waals surface area contributed by atoms with Crippen molar-refractivity contribution in [3.8, 4) is 5.75 Å². The molecule has 0 aliphatic rings. The lowest BCUT2D eigenvalue weighted by Gasteiger charge is -2.20. The predicted octanol–water partition coefficient (Wildman–Crippen LogP) is 4.43. The monoisotopic (exact) mass is 322 g/mol. The van der Waals surface area contributed by atoms with Crippen molar-refractivity contribution < 1.29 is 4.43 Å². The van der Waals surface area contributed by atoms with E-state index in [9.17, 15) is 0 Å². The molecule has 0 N–H and O–H groups in total. The van der Waals surface area contributed by atoms with E-state index in [-0.39, 0.29) is 0 Å². The summed E-state index contributed by atoms with van der Waals surface area (Å²) in [5.74, 6) is 0.925. The third-order valence-electron chi connectivity index (χ3n) is 1.31. The molecule has 4 heteroatoms. The third-order valence-corrected chi connectivity index (χ3v) is 3.29. The highest BCUT2D eigenvalue weighted by atomic mass is 79.9. The average molecular weight is 324 g/mol. The summed E-state index contributed by atoms with van der Waals surface area (Å²) < 4.78 is 7.93. The first-order valence-electron chi connectivity index (χ1n) is 4.02. The molecule has 0 aliphatic heterocycles. The van der Waals surface area contributed by atoms with Crippen molar-refractivity contribution in [2.45, 2.75) is 19.6 Å². The van der Waals surface area contributed by atoms with Gasteiger partial charge in [0.1, 0.15) is 5.75 Å². The third kappa shape index (κ3) is 3.83. The van der Waals surface area contributed by atoms with Gasteiger partial charge in [0.05, 0.1) is 4.47 Å². The quantitative estimate of drug-likeness (QED) is 0.732. The maximum Gasteiger partial charge on any atom is 0.242 e. The molecule has 0 bridgehead atoms. The summed E-state index contributed by atoms with van der Waals surface area (Å²) in [4.78, 5) is 0. The second kappa shape index (κ2) is 4.15. The number of benzene rings is 1. The molecule has 1 nitrogen and oxygen atoms in total. The maximum absolute atomic E-state index is 5.88. The molecule has 1 aromatic rings. The molecule has 0 saturated heterocycles. The summed E-state index contributed by atoms with van der Waals surface area (Å²) in [6.07, 6.45) is 0. The van der Waals surface area contributed by atoms with E-state index in [2.05, 4.69) is 51.5 Å². The summed E-state index contributed by atoms with van der Waals surface area (Å²) >= 11 is 6.88. The van der Waals surface area contributed by atoms with Gasteiger partial charge in [-0.05, 0) is 53.8 Å². The van der Waals surface area contributed by atoms with Gasteiger partial charge in [0, 0.05) is 4.47 Å². The lowest BCUT2D eigenvalue weighted by molar-refractivity contribution is 0.554. The van der Waals surface area contributed by atoms with Gasteiger partial charge in [-0.3, -0.25) is 0 Å². The standard InChI is InChI=1S/C9H12Br2OSi/c1-13(2,3)12-9-6-7(10)4-5-8(9)11/h4-6H,1-3H3. The Balaban J connectivity index is 2.94. The van der Waals surface area contributed by atoms with Crippen LogP contribution in [0, 0.1) is 0 Å². The van der Waals surface area contributed by atoms with Crippen molar-refractivity contribution in [1.29, 1.82) is 0 Å². The largest absolute Gasteiger partial charge is 0.544 e. The SMILES string of the molecule is C[Si](C)(C)Oc1cc(Br)ccc1Br. The van der Waals surface area contributed by atoms with Gasteiger partial charge in [0.25, 0.3) is 0 Å². The molecule has 0 amide bonds. The molecule has 0 heterocycles. The Morgan fingerprint density at radius 1 is 1.15 bits per heavy atom. The highest BCUT2D eigenvalue weighted by Crippen LogP contribution is 2.30. The van der Waals surface area contributed by atoms with Gasteiger partial charge in [-0.1, -0.05) is 15.9 Å². The summed E-state index contributed by atoms with van der Waals surface area (Å²) in [6, 6.07) is 5.96. The first-order chi connectivity index (χ1) is 5.88. The minimum atomic E-state index is -1.50. The Labute approximate surface area is 96.9 Å². The first kappa shape index (κ1) is 11.3. The van der Waals surface area contributed by atoms with E-state index < -0.39 is 8.32 Å². The highest BCUT2D eigenvalue weighted by molar-refractivity contribution is 9.11. The first-order valence-corrected chi connectivity index (χ1v) is 9.02. The van der Waals surface area contributed by atoms with E-state index in [0.29, 0.717) is 0 Å². The van der Waals surface area contributed by atoms with Gasteiger partial charge in [0.2, 0.25) is 8.32 Å². The predicted molar refractivity (Wildman–Crippen MR) is 65.8 cm³/mol. The summed E-state index contributed by atoms with van der Waals surface area (Å²) in [7, 11) is -1.50. The molecule has 0 aliphatic carbocycles. The van der Waals surface area contributed by atoms with Crippen LogP contribution in [0.5, 0.6) is 5.75 Å².